The van der Waals surface area contributed by atoms with Crippen LogP contribution in [0.1, 0.15) is 34.1 Å². The predicted octanol–water partition coefficient (Wildman–Crippen LogP) is 1.16. The summed E-state index contributed by atoms with van der Waals surface area (Å²) in [5, 5.41) is 12.7. The standard InChI is InChI=1S/C10H23NO2/c1-5-13-8-9(2)11-7-6-10(3,4)12/h9,11-12H,5-8H2,1-4H3. The molecule has 0 saturated carbocycles. The molecule has 0 aliphatic heterocycles. The van der Waals surface area contributed by atoms with Crippen LogP contribution in [0.4, 0.5) is 0 Å². The van der Waals surface area contributed by atoms with E-state index in [0.29, 0.717) is 6.04 Å². The fraction of sp³-hybridized carbons (Fsp3) is 1.00. The predicted molar refractivity (Wildman–Crippen MR) is 54.9 cm³/mol. The van der Waals surface area contributed by atoms with E-state index < -0.39 is 5.60 Å². The Labute approximate surface area is 81.5 Å². The maximum absolute atomic E-state index is 9.44. The van der Waals surface area contributed by atoms with Gasteiger partial charge < -0.3 is 15.2 Å². The number of aliphatic hydroxyl groups is 1. The smallest absolute Gasteiger partial charge is 0.0616 e. The van der Waals surface area contributed by atoms with Crippen molar-refractivity contribution >= 4 is 0 Å². The summed E-state index contributed by atoms with van der Waals surface area (Å²) in [7, 11) is 0. The van der Waals surface area contributed by atoms with Crippen molar-refractivity contribution in [1.82, 2.24) is 5.32 Å². The van der Waals surface area contributed by atoms with Gasteiger partial charge in [-0.3, -0.25) is 0 Å². The second kappa shape index (κ2) is 6.35. The highest BCUT2D eigenvalue weighted by Gasteiger charge is 2.11. The Bertz CT molecular complexity index is 121. The normalized spacial score (nSPS) is 14.5. The highest BCUT2D eigenvalue weighted by Crippen LogP contribution is 2.05. The Morgan fingerprint density at radius 2 is 2.08 bits per heavy atom. The van der Waals surface area contributed by atoms with Crippen molar-refractivity contribution in [2.75, 3.05) is 19.8 Å². The number of hydrogen-bond donors (Lipinski definition) is 2. The monoisotopic (exact) mass is 189 g/mol. The Morgan fingerprint density at radius 1 is 1.46 bits per heavy atom. The van der Waals surface area contributed by atoms with E-state index in [1.165, 1.54) is 0 Å². The molecular formula is C10H23NO2. The van der Waals surface area contributed by atoms with Gasteiger partial charge in [0.1, 0.15) is 0 Å². The molecule has 2 N–H and O–H groups in total. The van der Waals surface area contributed by atoms with Gasteiger partial charge in [0, 0.05) is 12.6 Å². The molecule has 1 atom stereocenters. The number of ether oxygens (including phenoxy) is 1. The lowest BCUT2D eigenvalue weighted by Crippen LogP contribution is -2.34. The first-order chi connectivity index (χ1) is 5.95. The van der Waals surface area contributed by atoms with Crippen LogP contribution in [-0.2, 0) is 4.74 Å². The van der Waals surface area contributed by atoms with Gasteiger partial charge in [-0.25, -0.2) is 0 Å². The summed E-state index contributed by atoms with van der Waals surface area (Å²) in [5.74, 6) is 0. The van der Waals surface area contributed by atoms with E-state index >= 15 is 0 Å². The van der Waals surface area contributed by atoms with Crippen molar-refractivity contribution < 1.29 is 9.84 Å². The summed E-state index contributed by atoms with van der Waals surface area (Å²) >= 11 is 0. The molecule has 0 saturated heterocycles. The highest BCUT2D eigenvalue weighted by atomic mass is 16.5. The van der Waals surface area contributed by atoms with Crippen molar-refractivity contribution in [2.45, 2.75) is 45.8 Å². The third-order valence-electron chi connectivity index (χ3n) is 1.80. The molecule has 0 bridgehead atoms. The molecule has 0 amide bonds. The van der Waals surface area contributed by atoms with E-state index in [-0.39, 0.29) is 0 Å². The van der Waals surface area contributed by atoms with Gasteiger partial charge in [-0.1, -0.05) is 0 Å². The third kappa shape index (κ3) is 9.80. The van der Waals surface area contributed by atoms with Gasteiger partial charge in [-0.15, -0.1) is 0 Å². The zero-order chi connectivity index (χ0) is 10.3. The lowest BCUT2D eigenvalue weighted by molar-refractivity contribution is 0.0678. The largest absolute Gasteiger partial charge is 0.390 e. The minimum absolute atomic E-state index is 0.363. The molecule has 0 rings (SSSR count). The average Bonchev–Trinajstić information content (AvgIpc) is 1.98. The van der Waals surface area contributed by atoms with E-state index in [1.807, 2.05) is 20.8 Å². The zero-order valence-electron chi connectivity index (χ0n) is 9.26. The van der Waals surface area contributed by atoms with E-state index in [1.54, 1.807) is 0 Å². The van der Waals surface area contributed by atoms with Crippen LogP contribution in [0.5, 0.6) is 0 Å². The first-order valence-electron chi connectivity index (χ1n) is 4.99. The lowest BCUT2D eigenvalue weighted by Gasteiger charge is -2.19. The fourth-order valence-electron chi connectivity index (χ4n) is 0.978. The maximum atomic E-state index is 9.44. The van der Waals surface area contributed by atoms with Crippen molar-refractivity contribution in [3.63, 3.8) is 0 Å². The molecule has 0 aromatic heterocycles. The van der Waals surface area contributed by atoms with Crippen LogP contribution in [0.2, 0.25) is 0 Å². The van der Waals surface area contributed by atoms with Crippen LogP contribution in [0.25, 0.3) is 0 Å². The second-order valence-electron chi connectivity index (χ2n) is 4.08. The Balaban J connectivity index is 3.31. The Morgan fingerprint density at radius 3 is 2.54 bits per heavy atom. The molecule has 3 nitrogen and oxygen atoms in total. The molecule has 0 aromatic rings. The van der Waals surface area contributed by atoms with Crippen LogP contribution >= 0.6 is 0 Å². The quantitative estimate of drug-likeness (QED) is 0.631. The van der Waals surface area contributed by atoms with Crippen molar-refractivity contribution in [2.24, 2.45) is 0 Å². The molecule has 0 fully saturated rings. The molecule has 80 valence electrons. The van der Waals surface area contributed by atoms with E-state index in [2.05, 4.69) is 12.2 Å². The summed E-state index contributed by atoms with van der Waals surface area (Å²) < 4.78 is 5.25. The van der Waals surface area contributed by atoms with Crippen LogP contribution in [0, 0.1) is 0 Å². The Hall–Kier alpha value is -0.120. The molecule has 0 heterocycles. The van der Waals surface area contributed by atoms with Gasteiger partial charge in [-0.2, -0.15) is 0 Å². The minimum atomic E-state index is -0.571. The van der Waals surface area contributed by atoms with Crippen molar-refractivity contribution in [3.8, 4) is 0 Å². The topological polar surface area (TPSA) is 41.5 Å². The van der Waals surface area contributed by atoms with Gasteiger partial charge in [0.25, 0.3) is 0 Å². The highest BCUT2D eigenvalue weighted by molar-refractivity contribution is 4.68. The summed E-state index contributed by atoms with van der Waals surface area (Å²) in [6, 6.07) is 0.363. The van der Waals surface area contributed by atoms with Crippen LogP contribution in [-0.4, -0.2) is 36.5 Å². The molecule has 13 heavy (non-hydrogen) atoms. The average molecular weight is 189 g/mol. The summed E-state index contributed by atoms with van der Waals surface area (Å²) in [6.45, 7) is 10.0. The van der Waals surface area contributed by atoms with Gasteiger partial charge in [0.05, 0.1) is 12.2 Å². The van der Waals surface area contributed by atoms with Gasteiger partial charge in [0.15, 0.2) is 0 Å². The number of hydrogen-bond acceptors (Lipinski definition) is 3. The second-order valence-corrected chi connectivity index (χ2v) is 4.08. The molecule has 0 aliphatic rings. The van der Waals surface area contributed by atoms with E-state index in [9.17, 15) is 5.11 Å². The fourth-order valence-corrected chi connectivity index (χ4v) is 0.978. The molecule has 0 aromatic carbocycles. The maximum Gasteiger partial charge on any atom is 0.0616 e. The van der Waals surface area contributed by atoms with Crippen LogP contribution in [0.15, 0.2) is 0 Å². The molecule has 0 radical (unpaired) electrons. The number of rotatable bonds is 7. The minimum Gasteiger partial charge on any atom is -0.390 e. The molecule has 1 unspecified atom stereocenters. The van der Waals surface area contributed by atoms with Crippen molar-refractivity contribution in [3.05, 3.63) is 0 Å². The number of nitrogens with one attached hydrogen (secondary N) is 1. The molecular weight excluding hydrogens is 166 g/mol. The van der Waals surface area contributed by atoms with Gasteiger partial charge >= 0.3 is 0 Å². The van der Waals surface area contributed by atoms with Gasteiger partial charge in [-0.05, 0) is 40.7 Å². The zero-order valence-corrected chi connectivity index (χ0v) is 9.26. The first-order valence-corrected chi connectivity index (χ1v) is 4.99. The van der Waals surface area contributed by atoms with Crippen LogP contribution in [0.3, 0.4) is 0 Å². The summed E-state index contributed by atoms with van der Waals surface area (Å²) in [6.07, 6.45) is 0.767. The Kier molecular flexibility index (Phi) is 6.29. The van der Waals surface area contributed by atoms with E-state index in [0.717, 1.165) is 26.2 Å². The van der Waals surface area contributed by atoms with Crippen molar-refractivity contribution in [1.29, 1.82) is 0 Å². The molecule has 0 spiro atoms. The SMILES string of the molecule is CCOCC(C)NCCC(C)(C)O. The molecule has 0 aliphatic carbocycles. The third-order valence-corrected chi connectivity index (χ3v) is 1.80. The lowest BCUT2D eigenvalue weighted by atomic mass is 10.1. The van der Waals surface area contributed by atoms with E-state index in [4.69, 9.17) is 4.74 Å². The van der Waals surface area contributed by atoms with Crippen LogP contribution < -0.4 is 5.32 Å². The summed E-state index contributed by atoms with van der Waals surface area (Å²) in [5.41, 5.74) is -0.571. The summed E-state index contributed by atoms with van der Waals surface area (Å²) in [4.78, 5) is 0. The first kappa shape index (κ1) is 12.9. The van der Waals surface area contributed by atoms with Gasteiger partial charge in [0.2, 0.25) is 0 Å². The molecule has 3 heteroatoms.